The number of nitrogens with zero attached hydrogens (tertiary/aromatic N) is 6. The second-order valence-corrected chi connectivity index (χ2v) is 7.91. The van der Waals surface area contributed by atoms with Gasteiger partial charge < -0.3 is 14.0 Å². The molecule has 8 heteroatoms. The average molecular weight is 448 g/mol. The Morgan fingerprint density at radius 1 is 1.00 bits per heavy atom. The molecule has 8 nitrogen and oxygen atoms in total. The normalized spacial score (nSPS) is 11.7. The lowest BCUT2D eigenvalue weighted by molar-refractivity contribution is 0.174. The van der Waals surface area contributed by atoms with Gasteiger partial charge in [-0.25, -0.2) is 4.98 Å². The number of aromatic nitrogens is 6. The summed E-state index contributed by atoms with van der Waals surface area (Å²) in [5, 5.41) is 9.89. The summed E-state index contributed by atoms with van der Waals surface area (Å²) in [5.74, 6) is 8.79. The Labute approximate surface area is 195 Å². The molecule has 4 heterocycles. The lowest BCUT2D eigenvalue weighted by Gasteiger charge is -2.09. The van der Waals surface area contributed by atoms with Crippen molar-refractivity contribution in [3.8, 4) is 34.7 Å². The van der Waals surface area contributed by atoms with Gasteiger partial charge in [-0.2, -0.15) is 0 Å². The molecule has 3 aromatic heterocycles. The summed E-state index contributed by atoms with van der Waals surface area (Å²) in [4.78, 5) is 9.03. The van der Waals surface area contributed by atoms with Crippen molar-refractivity contribution in [2.75, 3.05) is 14.2 Å². The maximum absolute atomic E-state index is 5.47. The minimum atomic E-state index is 0.354. The van der Waals surface area contributed by atoms with Crippen molar-refractivity contribution in [1.29, 1.82) is 0 Å². The van der Waals surface area contributed by atoms with Crippen LogP contribution in [0.1, 0.15) is 22.8 Å². The van der Waals surface area contributed by atoms with E-state index in [0.29, 0.717) is 18.8 Å². The average Bonchev–Trinajstić information content (AvgIpc) is 3.43. The summed E-state index contributed by atoms with van der Waals surface area (Å²) in [6, 6.07) is 15.9. The minimum Gasteiger partial charge on any atom is -0.497 e. The Kier molecular flexibility index (Phi) is 4.82. The van der Waals surface area contributed by atoms with E-state index in [1.54, 1.807) is 20.4 Å². The predicted octanol–water partition coefficient (Wildman–Crippen LogP) is 3.60. The van der Waals surface area contributed by atoms with Crippen molar-refractivity contribution < 1.29 is 9.47 Å². The van der Waals surface area contributed by atoms with Gasteiger partial charge in [0.05, 0.1) is 30.6 Å². The lowest BCUT2D eigenvalue weighted by Crippen LogP contribution is -2.09. The quantitative estimate of drug-likeness (QED) is 0.385. The summed E-state index contributed by atoms with van der Waals surface area (Å²) >= 11 is 0. The summed E-state index contributed by atoms with van der Waals surface area (Å²) in [7, 11) is 3.30. The molecule has 1 aliphatic heterocycles. The van der Waals surface area contributed by atoms with Crippen LogP contribution < -0.4 is 4.74 Å². The fourth-order valence-electron chi connectivity index (χ4n) is 4.24. The van der Waals surface area contributed by atoms with E-state index < -0.39 is 0 Å². The van der Waals surface area contributed by atoms with Gasteiger partial charge in [0.15, 0.2) is 11.6 Å². The molecule has 0 atom stereocenters. The Balaban J connectivity index is 1.49. The van der Waals surface area contributed by atoms with Crippen molar-refractivity contribution in [2.45, 2.75) is 13.2 Å². The molecule has 0 amide bonds. The molecule has 0 radical (unpaired) electrons. The first-order chi connectivity index (χ1) is 16.7. The second-order valence-electron chi connectivity index (χ2n) is 7.91. The molecule has 1 aliphatic rings. The van der Waals surface area contributed by atoms with Crippen LogP contribution >= 0.6 is 0 Å². The first-order valence-corrected chi connectivity index (χ1v) is 10.8. The third-order valence-corrected chi connectivity index (χ3v) is 5.91. The monoisotopic (exact) mass is 448 g/mol. The molecule has 0 N–H and O–H groups in total. The Hall–Kier alpha value is -4.48. The van der Waals surface area contributed by atoms with E-state index >= 15 is 0 Å². The Bertz CT molecular complexity index is 1600. The highest BCUT2D eigenvalue weighted by atomic mass is 16.5. The van der Waals surface area contributed by atoms with Gasteiger partial charge in [0.1, 0.15) is 24.4 Å². The summed E-state index contributed by atoms with van der Waals surface area (Å²) in [6.45, 7) is 0.871. The van der Waals surface area contributed by atoms with Gasteiger partial charge >= 0.3 is 0 Å². The standard InChI is InChI=1S/C26H20N6O2/c1-33-15-25-29-30-26-20-13-19(34-2)7-10-23(20)32-16-28-22(24(32)14-31(25)26)9-6-17-5-8-21-18(12-17)4-3-11-27-21/h3-5,7-8,10-13,16H,14-15H2,1-2H3. The fourth-order valence-corrected chi connectivity index (χ4v) is 4.24. The number of rotatable bonds is 3. The first kappa shape index (κ1) is 20.1. The molecule has 0 aliphatic carbocycles. The molecule has 6 rings (SSSR count). The van der Waals surface area contributed by atoms with Crippen LogP contribution in [0.15, 0.2) is 61.1 Å². The first-order valence-electron chi connectivity index (χ1n) is 10.8. The number of pyridine rings is 1. The van der Waals surface area contributed by atoms with Crippen LogP contribution in [0.2, 0.25) is 0 Å². The molecule has 0 unspecified atom stereocenters. The number of hydrogen-bond donors (Lipinski definition) is 0. The summed E-state index contributed by atoms with van der Waals surface area (Å²) in [5.41, 5.74) is 5.37. The highest BCUT2D eigenvalue weighted by Gasteiger charge is 2.26. The maximum atomic E-state index is 5.47. The van der Waals surface area contributed by atoms with Gasteiger partial charge in [-0.15, -0.1) is 10.2 Å². The summed E-state index contributed by atoms with van der Waals surface area (Å²) in [6.07, 6.45) is 3.60. The third kappa shape index (κ3) is 3.31. The molecule has 0 saturated carbocycles. The van der Waals surface area contributed by atoms with Crippen LogP contribution in [-0.4, -0.2) is 43.5 Å². The second kappa shape index (κ2) is 8.14. The van der Waals surface area contributed by atoms with E-state index in [-0.39, 0.29) is 0 Å². The molecule has 0 saturated heterocycles. The topological polar surface area (TPSA) is 79.9 Å². The SMILES string of the molecule is COCc1nnc2n1Cc1c(C#Cc3ccc4ncccc4c3)ncn1-c1ccc(OC)cc1-2. The number of fused-ring (bicyclic) bond motifs is 6. The zero-order valence-electron chi connectivity index (χ0n) is 18.7. The van der Waals surface area contributed by atoms with Gasteiger partial charge in [0, 0.05) is 29.8 Å². The lowest BCUT2D eigenvalue weighted by atomic mass is 10.1. The van der Waals surface area contributed by atoms with Gasteiger partial charge in [0.2, 0.25) is 0 Å². The van der Waals surface area contributed by atoms with Gasteiger partial charge in [-0.1, -0.05) is 12.0 Å². The highest BCUT2D eigenvalue weighted by molar-refractivity contribution is 5.80. The number of benzene rings is 2. The summed E-state index contributed by atoms with van der Waals surface area (Å²) < 4.78 is 14.9. The molecule has 2 aromatic carbocycles. The number of hydrogen-bond acceptors (Lipinski definition) is 6. The van der Waals surface area contributed by atoms with E-state index in [1.807, 2.05) is 54.9 Å². The molecular formula is C26H20N6O2. The van der Waals surface area contributed by atoms with Crippen LogP contribution in [0.4, 0.5) is 0 Å². The highest BCUT2D eigenvalue weighted by Crippen LogP contribution is 2.34. The number of ether oxygens (including phenoxy) is 2. The van der Waals surface area contributed by atoms with Crippen LogP contribution in [0.5, 0.6) is 5.75 Å². The van der Waals surface area contributed by atoms with E-state index in [1.165, 1.54) is 0 Å². The smallest absolute Gasteiger partial charge is 0.166 e. The van der Waals surface area contributed by atoms with E-state index in [2.05, 4.69) is 41.1 Å². The zero-order valence-corrected chi connectivity index (χ0v) is 18.7. The van der Waals surface area contributed by atoms with E-state index in [9.17, 15) is 0 Å². The van der Waals surface area contributed by atoms with Gasteiger partial charge in [-0.3, -0.25) is 9.55 Å². The molecular weight excluding hydrogens is 428 g/mol. The molecule has 166 valence electrons. The number of imidazole rings is 1. The minimum absolute atomic E-state index is 0.354. The van der Waals surface area contributed by atoms with Crippen molar-refractivity contribution >= 4 is 10.9 Å². The van der Waals surface area contributed by atoms with Crippen LogP contribution in [0.3, 0.4) is 0 Å². The van der Waals surface area contributed by atoms with Crippen LogP contribution in [0, 0.1) is 11.8 Å². The van der Waals surface area contributed by atoms with Gasteiger partial charge in [-0.05, 0) is 48.4 Å². The predicted molar refractivity (Wildman–Crippen MR) is 127 cm³/mol. The Morgan fingerprint density at radius 3 is 2.82 bits per heavy atom. The molecule has 0 spiro atoms. The molecule has 0 fully saturated rings. The largest absolute Gasteiger partial charge is 0.497 e. The Morgan fingerprint density at radius 2 is 1.94 bits per heavy atom. The van der Waals surface area contributed by atoms with Crippen LogP contribution in [0.25, 0.3) is 28.0 Å². The van der Waals surface area contributed by atoms with E-state index in [4.69, 9.17) is 9.47 Å². The fraction of sp³-hybridized carbons (Fsp3) is 0.154. The third-order valence-electron chi connectivity index (χ3n) is 5.91. The van der Waals surface area contributed by atoms with E-state index in [0.717, 1.165) is 50.8 Å². The van der Waals surface area contributed by atoms with Crippen molar-refractivity contribution in [3.05, 3.63) is 83.8 Å². The molecule has 0 bridgehead atoms. The van der Waals surface area contributed by atoms with Crippen molar-refractivity contribution in [1.82, 2.24) is 29.3 Å². The van der Waals surface area contributed by atoms with Crippen molar-refractivity contribution in [3.63, 3.8) is 0 Å². The van der Waals surface area contributed by atoms with Gasteiger partial charge in [0.25, 0.3) is 0 Å². The molecule has 5 aromatic rings. The van der Waals surface area contributed by atoms with Crippen LogP contribution in [-0.2, 0) is 17.9 Å². The molecule has 34 heavy (non-hydrogen) atoms. The van der Waals surface area contributed by atoms with Crippen molar-refractivity contribution in [2.24, 2.45) is 0 Å². The maximum Gasteiger partial charge on any atom is 0.166 e. The zero-order chi connectivity index (χ0) is 23.1. The number of methoxy groups -OCH3 is 2.